The predicted octanol–water partition coefficient (Wildman–Crippen LogP) is 2.74. The van der Waals surface area contributed by atoms with Crippen molar-refractivity contribution in [1.29, 1.82) is 0 Å². The number of aromatic nitrogens is 6. The average molecular weight is 389 g/mol. The molecule has 1 N–H and O–H groups in total. The SMILES string of the molecule is Cc1nnc(NC(=O)CSc2nnc3ccc(-c4cccs4)nn23)s1. The van der Waals surface area contributed by atoms with Gasteiger partial charge in [0.05, 0.1) is 10.6 Å². The number of aryl methyl sites for hydroxylation is 1. The van der Waals surface area contributed by atoms with Crippen LogP contribution in [0.25, 0.3) is 16.2 Å². The fourth-order valence-corrected chi connectivity index (χ4v) is 4.03. The van der Waals surface area contributed by atoms with E-state index in [2.05, 4.69) is 30.8 Å². The van der Waals surface area contributed by atoms with Crippen LogP contribution in [0.15, 0.2) is 34.8 Å². The lowest BCUT2D eigenvalue weighted by Crippen LogP contribution is -2.14. The molecule has 0 aromatic carbocycles. The van der Waals surface area contributed by atoms with Crippen LogP contribution in [0.1, 0.15) is 5.01 Å². The lowest BCUT2D eigenvalue weighted by atomic mass is 10.3. The average Bonchev–Trinajstić information content (AvgIpc) is 3.33. The van der Waals surface area contributed by atoms with Crippen LogP contribution in [0.4, 0.5) is 5.13 Å². The highest BCUT2D eigenvalue weighted by Gasteiger charge is 2.13. The van der Waals surface area contributed by atoms with Crippen LogP contribution >= 0.6 is 34.4 Å². The Kier molecular flexibility index (Phi) is 4.42. The summed E-state index contributed by atoms with van der Waals surface area (Å²) in [5, 5.41) is 27.1. The first-order valence-electron chi connectivity index (χ1n) is 7.18. The van der Waals surface area contributed by atoms with E-state index in [1.807, 2.05) is 36.6 Å². The maximum atomic E-state index is 12.0. The number of hydrogen-bond donors (Lipinski definition) is 1. The van der Waals surface area contributed by atoms with Crippen molar-refractivity contribution >= 4 is 51.1 Å². The summed E-state index contributed by atoms with van der Waals surface area (Å²) >= 11 is 4.22. The van der Waals surface area contributed by atoms with E-state index in [1.165, 1.54) is 23.1 Å². The van der Waals surface area contributed by atoms with E-state index in [0.29, 0.717) is 15.9 Å². The third-order valence-corrected chi connectivity index (χ3v) is 5.68. The van der Waals surface area contributed by atoms with Gasteiger partial charge < -0.3 is 0 Å². The molecule has 4 rings (SSSR count). The van der Waals surface area contributed by atoms with Gasteiger partial charge in [0.2, 0.25) is 16.2 Å². The van der Waals surface area contributed by atoms with E-state index < -0.39 is 0 Å². The van der Waals surface area contributed by atoms with Crippen molar-refractivity contribution in [2.75, 3.05) is 11.1 Å². The first-order chi connectivity index (χ1) is 12.2. The zero-order valence-corrected chi connectivity index (χ0v) is 15.4. The quantitative estimate of drug-likeness (QED) is 0.524. The normalized spacial score (nSPS) is 11.1. The Balaban J connectivity index is 1.49. The monoisotopic (exact) mass is 389 g/mol. The molecule has 0 spiro atoms. The molecule has 0 fully saturated rings. The number of fused-ring (bicyclic) bond motifs is 1. The van der Waals surface area contributed by atoms with Crippen molar-refractivity contribution in [2.24, 2.45) is 0 Å². The Morgan fingerprint density at radius 1 is 1.24 bits per heavy atom. The topological polar surface area (TPSA) is 98.0 Å². The van der Waals surface area contributed by atoms with Gasteiger partial charge in [-0.25, -0.2) is 0 Å². The molecule has 0 radical (unpaired) electrons. The molecule has 0 atom stereocenters. The van der Waals surface area contributed by atoms with Crippen LogP contribution in [0.5, 0.6) is 0 Å². The first kappa shape index (κ1) is 16.1. The summed E-state index contributed by atoms with van der Waals surface area (Å²) in [5.74, 6) is 0.0111. The fourth-order valence-electron chi connectivity index (χ4n) is 2.05. The summed E-state index contributed by atoms with van der Waals surface area (Å²) in [4.78, 5) is 13.1. The Hall–Kier alpha value is -2.37. The van der Waals surface area contributed by atoms with Crippen LogP contribution < -0.4 is 5.32 Å². The van der Waals surface area contributed by atoms with Crippen LogP contribution in [0, 0.1) is 6.92 Å². The highest BCUT2D eigenvalue weighted by atomic mass is 32.2. The van der Waals surface area contributed by atoms with E-state index in [0.717, 1.165) is 15.6 Å². The van der Waals surface area contributed by atoms with Crippen molar-refractivity contribution in [2.45, 2.75) is 12.1 Å². The number of amides is 1. The maximum Gasteiger partial charge on any atom is 0.236 e. The van der Waals surface area contributed by atoms with Gasteiger partial charge >= 0.3 is 0 Å². The lowest BCUT2D eigenvalue weighted by molar-refractivity contribution is -0.113. The molecular formula is C14H11N7OS3. The first-order valence-corrected chi connectivity index (χ1v) is 9.86. The van der Waals surface area contributed by atoms with Gasteiger partial charge in [0.15, 0.2) is 5.65 Å². The number of thiophene rings is 1. The minimum absolute atomic E-state index is 0.174. The number of nitrogens with zero attached hydrogens (tertiary/aromatic N) is 6. The van der Waals surface area contributed by atoms with E-state index >= 15 is 0 Å². The Labute approximate surface area is 154 Å². The molecule has 1 amide bonds. The molecule has 0 saturated carbocycles. The van der Waals surface area contributed by atoms with Crippen LogP contribution in [0.3, 0.4) is 0 Å². The van der Waals surface area contributed by atoms with Gasteiger partial charge in [-0.15, -0.1) is 31.7 Å². The second kappa shape index (κ2) is 6.86. The third-order valence-electron chi connectivity index (χ3n) is 3.11. The largest absolute Gasteiger partial charge is 0.300 e. The van der Waals surface area contributed by atoms with E-state index in [-0.39, 0.29) is 11.7 Å². The summed E-state index contributed by atoms with van der Waals surface area (Å²) < 4.78 is 1.65. The molecule has 0 unspecified atom stereocenters. The van der Waals surface area contributed by atoms with Gasteiger partial charge in [-0.1, -0.05) is 29.2 Å². The molecule has 4 heterocycles. The molecule has 0 aliphatic heterocycles. The summed E-state index contributed by atoms with van der Waals surface area (Å²) in [7, 11) is 0. The Morgan fingerprint density at radius 2 is 2.16 bits per heavy atom. The van der Waals surface area contributed by atoms with Crippen LogP contribution in [-0.2, 0) is 4.79 Å². The highest BCUT2D eigenvalue weighted by molar-refractivity contribution is 7.99. The molecule has 0 aliphatic carbocycles. The van der Waals surface area contributed by atoms with E-state index in [9.17, 15) is 4.79 Å². The van der Waals surface area contributed by atoms with E-state index in [4.69, 9.17) is 0 Å². The predicted molar refractivity (Wildman–Crippen MR) is 98.1 cm³/mol. The number of anilines is 1. The number of hydrogen-bond acceptors (Lipinski definition) is 9. The van der Waals surface area contributed by atoms with Crippen LogP contribution in [0.2, 0.25) is 0 Å². The second-order valence-corrected chi connectivity index (χ2v) is 7.98. The lowest BCUT2D eigenvalue weighted by Gasteiger charge is -2.02. The Morgan fingerprint density at radius 3 is 2.92 bits per heavy atom. The standard InChI is InChI=1S/C14H11N7OS3/c1-8-16-18-13(25-8)15-12(22)7-24-14-19-17-11-5-4-9(20-21(11)14)10-3-2-6-23-10/h2-6H,7H2,1H3,(H,15,18,22). The van der Waals surface area contributed by atoms with Crippen LogP contribution in [-0.4, -0.2) is 41.7 Å². The zero-order valence-electron chi connectivity index (χ0n) is 12.9. The highest BCUT2D eigenvalue weighted by Crippen LogP contribution is 2.24. The van der Waals surface area contributed by atoms with E-state index in [1.54, 1.807) is 15.9 Å². The zero-order chi connectivity index (χ0) is 17.2. The van der Waals surface area contributed by atoms with Gasteiger partial charge in [-0.05, 0) is 30.5 Å². The maximum absolute atomic E-state index is 12.0. The van der Waals surface area contributed by atoms with Gasteiger partial charge in [-0.3, -0.25) is 10.1 Å². The minimum Gasteiger partial charge on any atom is -0.300 e. The fraction of sp³-hybridized carbons (Fsp3) is 0.143. The molecule has 0 aliphatic rings. The molecule has 0 saturated heterocycles. The third kappa shape index (κ3) is 3.52. The molecule has 25 heavy (non-hydrogen) atoms. The molecule has 4 aromatic heterocycles. The number of thioether (sulfide) groups is 1. The van der Waals surface area contributed by atoms with Crippen molar-refractivity contribution in [3.8, 4) is 10.6 Å². The molecule has 11 heteroatoms. The Bertz CT molecular complexity index is 1020. The van der Waals surface area contributed by atoms with Gasteiger partial charge in [0.1, 0.15) is 10.7 Å². The van der Waals surface area contributed by atoms with Crippen molar-refractivity contribution in [3.05, 3.63) is 34.7 Å². The summed E-state index contributed by atoms with van der Waals surface area (Å²) in [5.41, 5.74) is 1.49. The number of carbonyl (C=O) groups is 1. The van der Waals surface area contributed by atoms with Crippen molar-refractivity contribution < 1.29 is 4.79 Å². The summed E-state index contributed by atoms with van der Waals surface area (Å²) in [6.45, 7) is 1.83. The van der Waals surface area contributed by atoms with Crippen molar-refractivity contribution in [1.82, 2.24) is 30.0 Å². The summed E-state index contributed by atoms with van der Waals surface area (Å²) in [6, 6.07) is 7.76. The van der Waals surface area contributed by atoms with Crippen molar-refractivity contribution in [3.63, 3.8) is 0 Å². The smallest absolute Gasteiger partial charge is 0.236 e. The van der Waals surface area contributed by atoms with Gasteiger partial charge in [-0.2, -0.15) is 9.61 Å². The molecular weight excluding hydrogens is 378 g/mol. The number of nitrogens with one attached hydrogen (secondary N) is 1. The summed E-state index contributed by atoms with van der Waals surface area (Å²) in [6.07, 6.45) is 0. The second-order valence-electron chi connectivity index (χ2n) is 4.91. The molecule has 4 aromatic rings. The van der Waals surface area contributed by atoms with Gasteiger partial charge in [0, 0.05) is 0 Å². The molecule has 126 valence electrons. The number of carbonyl (C=O) groups excluding carboxylic acids is 1. The molecule has 0 bridgehead atoms. The number of rotatable bonds is 5. The molecule has 8 nitrogen and oxygen atoms in total. The van der Waals surface area contributed by atoms with Gasteiger partial charge in [0.25, 0.3) is 0 Å². The minimum atomic E-state index is -0.174.